The van der Waals surface area contributed by atoms with Crippen LogP contribution in [-0.2, 0) is 74.0 Å². The second-order valence-electron chi connectivity index (χ2n) is 17.5. The number of esters is 1. The van der Waals surface area contributed by atoms with Gasteiger partial charge in [-0.25, -0.2) is 19.4 Å². The van der Waals surface area contributed by atoms with Crippen molar-refractivity contribution in [2.24, 2.45) is 5.92 Å². The van der Waals surface area contributed by atoms with Crippen molar-refractivity contribution >= 4 is 58.3 Å². The topological polar surface area (TPSA) is 319 Å². The van der Waals surface area contributed by atoms with E-state index in [-0.39, 0.29) is 99.8 Å². The summed E-state index contributed by atoms with van der Waals surface area (Å²) >= 11 is 0. The number of fused-ring (bicyclic) bond motifs is 6. The summed E-state index contributed by atoms with van der Waals surface area (Å²) in [5.74, 6) is -3.80. The number of carboxylic acids is 1. The lowest BCUT2D eigenvalue weighted by atomic mass is 9.98. The molecule has 2 aromatic carbocycles. The number of anilines is 1. The third-order valence-corrected chi connectivity index (χ3v) is 12.2. The molecule has 5 aliphatic heterocycles. The van der Waals surface area contributed by atoms with E-state index in [1.54, 1.807) is 19.1 Å². The van der Waals surface area contributed by atoms with Gasteiger partial charge in [0.1, 0.15) is 19.0 Å². The number of ether oxygens (including phenoxy) is 7. The number of aliphatic hydroxyl groups excluding tert-OH is 2. The van der Waals surface area contributed by atoms with Crippen LogP contribution in [0.4, 0.5) is 10.5 Å². The molecular formula is C50H58N6O18. The molecule has 2 saturated heterocycles. The van der Waals surface area contributed by atoms with E-state index in [0.717, 1.165) is 4.90 Å². The maximum Gasteiger partial charge on any atom is 0.407 e. The average molecular weight is 1030 g/mol. The smallest absolute Gasteiger partial charge is 0.407 e. The molecule has 7 heterocycles. The van der Waals surface area contributed by atoms with Gasteiger partial charge in [-0.3, -0.25) is 28.9 Å². The van der Waals surface area contributed by atoms with Crippen LogP contribution >= 0.6 is 0 Å². The van der Waals surface area contributed by atoms with Gasteiger partial charge in [0.15, 0.2) is 23.7 Å². The van der Waals surface area contributed by atoms with Crippen molar-refractivity contribution in [3.05, 3.63) is 74.6 Å². The van der Waals surface area contributed by atoms with Gasteiger partial charge < -0.3 is 69.0 Å². The summed E-state index contributed by atoms with van der Waals surface area (Å²) < 4.78 is 39.8. The Morgan fingerprint density at radius 1 is 0.892 bits per heavy atom. The summed E-state index contributed by atoms with van der Waals surface area (Å²) in [6, 6.07) is 9.13. The molecule has 5 aliphatic rings. The van der Waals surface area contributed by atoms with Crippen molar-refractivity contribution in [3.63, 3.8) is 0 Å². The molecule has 0 saturated carbocycles. The second-order valence-corrected chi connectivity index (χ2v) is 17.5. The van der Waals surface area contributed by atoms with Gasteiger partial charge in [0.25, 0.3) is 11.8 Å². The molecule has 4 aromatic rings. The number of aliphatic hydroxyl groups is 2. The Balaban J connectivity index is 0.00000154. The third kappa shape index (κ3) is 11.6. The number of nitrogens with zero attached hydrogens (tertiary/aromatic N) is 3. The number of carbonyl (C=O) groups is 7. The van der Waals surface area contributed by atoms with E-state index in [1.165, 1.54) is 42.2 Å². The van der Waals surface area contributed by atoms with E-state index in [9.17, 15) is 53.7 Å². The van der Waals surface area contributed by atoms with Crippen LogP contribution in [0.3, 0.4) is 0 Å². The molecule has 5 amide bonds. The SMILES string of the molecule is CC.CC1CC(=O)N(CCC(=O)NCCC(=O)Nc2cc(COC(=O)NCc3c4c(nc5cc6c(cc35)OCO6)-c3cc5c(c(=O)n3C4)COC(=O)C5O)ccc2OC2OC(C(=O)O)C(C)OC2O)C1=O.CCC. The average Bonchev–Trinajstić information content (AvgIpc) is 4.05. The number of amides is 5. The summed E-state index contributed by atoms with van der Waals surface area (Å²) in [5, 5.41) is 39.3. The molecule has 0 spiro atoms. The highest BCUT2D eigenvalue weighted by Gasteiger charge is 2.42. The lowest BCUT2D eigenvalue weighted by Crippen LogP contribution is -2.53. The maximum atomic E-state index is 13.7. The Morgan fingerprint density at radius 3 is 2.32 bits per heavy atom. The minimum atomic E-state index is -1.73. The monoisotopic (exact) mass is 1030 g/mol. The lowest BCUT2D eigenvalue weighted by Gasteiger charge is -2.36. The highest BCUT2D eigenvalue weighted by atomic mass is 16.8. The van der Waals surface area contributed by atoms with Crippen LogP contribution in [0, 0.1) is 5.92 Å². The van der Waals surface area contributed by atoms with Gasteiger partial charge in [-0.15, -0.1) is 0 Å². The van der Waals surface area contributed by atoms with Crippen LogP contribution in [0.2, 0.25) is 0 Å². The minimum Gasteiger partial charge on any atom is -0.479 e. The fraction of sp³-hybridized carbons (Fsp3) is 0.460. The third-order valence-electron chi connectivity index (χ3n) is 12.2. The van der Waals surface area contributed by atoms with Gasteiger partial charge in [0.05, 0.1) is 40.8 Å². The Bertz CT molecular complexity index is 2920. The lowest BCUT2D eigenvalue weighted by molar-refractivity contribution is -0.322. The maximum absolute atomic E-state index is 13.7. The summed E-state index contributed by atoms with van der Waals surface area (Å²) in [5.41, 5.74) is 2.37. The number of benzene rings is 2. The Kier molecular flexibility index (Phi) is 17.2. The normalized spacial score (nSPS) is 20.9. The molecule has 6 N–H and O–H groups in total. The highest BCUT2D eigenvalue weighted by molar-refractivity contribution is 6.03. The van der Waals surface area contributed by atoms with E-state index >= 15 is 0 Å². The van der Waals surface area contributed by atoms with Crippen molar-refractivity contribution in [1.82, 2.24) is 25.1 Å². The zero-order valence-corrected chi connectivity index (χ0v) is 41.5. The van der Waals surface area contributed by atoms with Gasteiger partial charge in [-0.2, -0.15) is 0 Å². The summed E-state index contributed by atoms with van der Waals surface area (Å²) in [6.07, 6.45) is -7.58. The number of pyridine rings is 2. The van der Waals surface area contributed by atoms with Crippen molar-refractivity contribution < 1.29 is 82.0 Å². The molecule has 0 aliphatic carbocycles. The summed E-state index contributed by atoms with van der Waals surface area (Å²) in [4.78, 5) is 107. The molecule has 0 bridgehead atoms. The Morgan fingerprint density at radius 2 is 1.62 bits per heavy atom. The first-order chi connectivity index (χ1) is 35.5. The van der Waals surface area contributed by atoms with Crippen LogP contribution in [0.25, 0.3) is 22.3 Å². The van der Waals surface area contributed by atoms with Crippen molar-refractivity contribution in [1.29, 1.82) is 0 Å². The number of rotatable bonds is 14. The number of likely N-dealkylation sites (tertiary alicyclic amines) is 1. The van der Waals surface area contributed by atoms with Crippen LogP contribution in [-0.4, -0.2) is 116 Å². The highest BCUT2D eigenvalue weighted by Crippen LogP contribution is 2.42. The molecule has 0 radical (unpaired) electrons. The second kappa shape index (κ2) is 23.5. The number of carbonyl (C=O) groups excluding carboxylic acids is 6. The summed E-state index contributed by atoms with van der Waals surface area (Å²) in [7, 11) is 0. The van der Waals surface area contributed by atoms with E-state index in [1.807, 2.05) is 13.8 Å². The molecule has 74 heavy (non-hydrogen) atoms. The molecule has 396 valence electrons. The van der Waals surface area contributed by atoms with Crippen molar-refractivity contribution in [2.45, 2.75) is 124 Å². The van der Waals surface area contributed by atoms with E-state index < -0.39 is 72.2 Å². The Labute approximate surface area is 423 Å². The van der Waals surface area contributed by atoms with E-state index in [0.29, 0.717) is 50.5 Å². The first-order valence-corrected chi connectivity index (χ1v) is 24.2. The van der Waals surface area contributed by atoms with Crippen molar-refractivity contribution in [2.75, 3.05) is 25.2 Å². The Hall–Kier alpha value is -7.67. The van der Waals surface area contributed by atoms with E-state index in [2.05, 4.69) is 29.8 Å². The predicted molar refractivity (Wildman–Crippen MR) is 257 cm³/mol. The minimum absolute atomic E-state index is 0.0215. The number of alkyl carbamates (subject to hydrolysis) is 1. The van der Waals surface area contributed by atoms with Gasteiger partial charge in [-0.05, 0) is 42.3 Å². The molecular weight excluding hydrogens is 973 g/mol. The predicted octanol–water partition coefficient (Wildman–Crippen LogP) is 3.25. The number of aliphatic carboxylic acids is 1. The molecule has 9 rings (SSSR count). The fourth-order valence-corrected chi connectivity index (χ4v) is 8.59. The number of nitrogens with one attached hydrogen (secondary N) is 3. The molecule has 2 aromatic heterocycles. The zero-order valence-electron chi connectivity index (χ0n) is 41.5. The van der Waals surface area contributed by atoms with Gasteiger partial charge >= 0.3 is 18.0 Å². The number of hydrogen-bond acceptors (Lipinski definition) is 18. The molecule has 2 fully saturated rings. The quantitative estimate of drug-likeness (QED) is 0.0687. The first-order valence-electron chi connectivity index (χ1n) is 24.2. The van der Waals surface area contributed by atoms with Gasteiger partial charge in [-0.1, -0.05) is 47.1 Å². The number of hydrogen-bond donors (Lipinski definition) is 6. The van der Waals surface area contributed by atoms with Crippen LogP contribution < -0.4 is 35.7 Å². The number of carboxylic acid groups (broad SMARTS) is 1. The van der Waals surface area contributed by atoms with Crippen molar-refractivity contribution in [3.8, 4) is 28.6 Å². The largest absolute Gasteiger partial charge is 0.479 e. The molecule has 24 heteroatoms. The van der Waals surface area contributed by atoms with Crippen LogP contribution in [0.15, 0.2) is 41.2 Å². The van der Waals surface area contributed by atoms with Gasteiger partial charge in [0.2, 0.25) is 36.7 Å². The first kappa shape index (κ1) is 54.1. The van der Waals surface area contributed by atoms with Gasteiger partial charge in [0, 0.05) is 67.4 Å². The van der Waals surface area contributed by atoms with E-state index in [4.69, 9.17) is 38.1 Å². The van der Waals surface area contributed by atoms with Crippen LogP contribution in [0.5, 0.6) is 17.2 Å². The number of imide groups is 1. The molecule has 6 atom stereocenters. The molecule has 24 nitrogen and oxygen atoms in total. The fourth-order valence-electron chi connectivity index (χ4n) is 8.59. The summed E-state index contributed by atoms with van der Waals surface area (Å²) in [6.45, 7) is 10.2. The zero-order chi connectivity index (χ0) is 53.5. The number of aromatic nitrogens is 2. The number of cyclic esters (lactones) is 1. The standard InChI is InChI=1S/C45H44N6O18.C3H8.C2H6/c1-19-9-35(54)50(39(19)56)8-6-33(52)46-7-5-34(53)48-28-10-21(3-4-30(28)68-44-43(61)67-20(2)38(69-44)41(58)59)16-64-45(62)47-14-24-22-12-31-32(66-18-65-31)13-27(22)49-36-25(24)15-51-29(36)11-23-26(40(51)57)17-63-42(60)37(23)55;1-3-2;1-2/h3-4,10-13,19-20,37-38,43-44,55,61H,5-9,14-18H2,1-2H3,(H,46,52)(H,47,62)(H,48,53)(H,58,59);3H2,1-2H3;1-2H3. The van der Waals surface area contributed by atoms with Crippen LogP contribution in [0.1, 0.15) is 101 Å². The molecule has 6 unspecified atom stereocenters.